The fourth-order valence-electron chi connectivity index (χ4n) is 4.32. The molecule has 2 aromatic heterocycles. The van der Waals surface area contributed by atoms with E-state index in [0.29, 0.717) is 17.2 Å². The molecule has 3 aromatic carbocycles. The highest BCUT2D eigenvalue weighted by molar-refractivity contribution is 7.99. The number of fused-ring (bicyclic) bond motifs is 1. The predicted octanol–water partition coefficient (Wildman–Crippen LogP) is 6.05. The largest absolute Gasteiger partial charge is 0.493 e. The lowest BCUT2D eigenvalue weighted by Crippen LogP contribution is -2.40. The van der Waals surface area contributed by atoms with Crippen LogP contribution in [0.5, 0.6) is 17.2 Å². The summed E-state index contributed by atoms with van der Waals surface area (Å²) in [6.07, 6.45) is 1.99. The van der Waals surface area contributed by atoms with Crippen molar-refractivity contribution < 1.29 is 23.4 Å². The molecular weight excluding hydrogens is 575 g/mol. The van der Waals surface area contributed by atoms with Crippen molar-refractivity contribution in [3.05, 3.63) is 106 Å². The van der Waals surface area contributed by atoms with E-state index in [1.165, 1.54) is 34.7 Å². The molecule has 0 saturated heterocycles. The zero-order chi connectivity index (χ0) is 30.7. The standard InChI is InChI=1S/C31H27FN4O6S/c1-18(2)35-17-27(29(37)36(31(35)39)21-9-5-19(32)6-10-21)42-30(38)34-20-7-11-22(12-8-20)43-28-13-14-33-24-16-26(41-4)25(40-3)15-23(24)28/h5-18H,1-4H3,(H,34,38). The molecule has 2 heterocycles. The van der Waals surface area contributed by atoms with Crippen molar-refractivity contribution in [1.29, 1.82) is 0 Å². The molecule has 0 bridgehead atoms. The molecule has 0 saturated carbocycles. The molecule has 1 N–H and O–H groups in total. The van der Waals surface area contributed by atoms with Crippen LogP contribution in [0.3, 0.4) is 0 Å². The van der Waals surface area contributed by atoms with Gasteiger partial charge in [0, 0.05) is 39.2 Å². The lowest BCUT2D eigenvalue weighted by Gasteiger charge is -2.15. The topological polar surface area (TPSA) is 114 Å². The van der Waals surface area contributed by atoms with Gasteiger partial charge in [-0.05, 0) is 74.5 Å². The van der Waals surface area contributed by atoms with Crippen molar-refractivity contribution in [1.82, 2.24) is 14.1 Å². The fourth-order valence-corrected chi connectivity index (χ4v) is 5.25. The number of benzene rings is 3. The summed E-state index contributed by atoms with van der Waals surface area (Å²) in [4.78, 5) is 45.2. The quantitative estimate of drug-likeness (QED) is 0.229. The maximum absolute atomic E-state index is 13.5. The van der Waals surface area contributed by atoms with Gasteiger partial charge in [0.1, 0.15) is 5.82 Å². The summed E-state index contributed by atoms with van der Waals surface area (Å²) in [5.74, 6) is 0.298. The molecule has 0 radical (unpaired) electrons. The van der Waals surface area contributed by atoms with E-state index in [1.807, 2.05) is 30.3 Å². The van der Waals surface area contributed by atoms with E-state index in [4.69, 9.17) is 14.2 Å². The van der Waals surface area contributed by atoms with Gasteiger partial charge in [-0.3, -0.25) is 19.7 Å². The molecule has 12 heteroatoms. The summed E-state index contributed by atoms with van der Waals surface area (Å²) in [5, 5.41) is 3.49. The van der Waals surface area contributed by atoms with E-state index in [-0.39, 0.29) is 17.5 Å². The van der Waals surface area contributed by atoms with Gasteiger partial charge in [0.2, 0.25) is 5.75 Å². The second-order valence-electron chi connectivity index (χ2n) is 9.57. The summed E-state index contributed by atoms with van der Waals surface area (Å²) in [7, 11) is 3.15. The zero-order valence-electron chi connectivity index (χ0n) is 23.7. The van der Waals surface area contributed by atoms with Crippen molar-refractivity contribution in [3.8, 4) is 22.9 Å². The summed E-state index contributed by atoms with van der Waals surface area (Å²) < 4.78 is 31.7. The van der Waals surface area contributed by atoms with Crippen LogP contribution in [0.4, 0.5) is 14.9 Å². The van der Waals surface area contributed by atoms with Crippen molar-refractivity contribution in [2.24, 2.45) is 0 Å². The lowest BCUT2D eigenvalue weighted by molar-refractivity contribution is 0.213. The third kappa shape index (κ3) is 6.24. The zero-order valence-corrected chi connectivity index (χ0v) is 24.5. The number of pyridine rings is 1. The molecule has 0 spiro atoms. The lowest BCUT2D eigenvalue weighted by atomic mass is 10.2. The van der Waals surface area contributed by atoms with Gasteiger partial charge in [-0.25, -0.2) is 18.5 Å². The van der Waals surface area contributed by atoms with Crippen LogP contribution in [-0.2, 0) is 0 Å². The Morgan fingerprint density at radius 3 is 2.26 bits per heavy atom. The number of rotatable bonds is 8. The molecule has 0 aliphatic heterocycles. The number of nitrogens with zero attached hydrogens (tertiary/aromatic N) is 3. The number of anilines is 1. The Labute approximate surface area is 249 Å². The molecule has 0 fully saturated rings. The van der Waals surface area contributed by atoms with Crippen LogP contribution in [-0.4, -0.2) is 34.4 Å². The number of aromatic nitrogens is 3. The van der Waals surface area contributed by atoms with E-state index in [9.17, 15) is 18.8 Å². The van der Waals surface area contributed by atoms with Crippen molar-refractivity contribution >= 4 is 34.4 Å². The van der Waals surface area contributed by atoms with E-state index < -0.39 is 23.2 Å². The Bertz CT molecular complexity index is 1920. The highest BCUT2D eigenvalue weighted by atomic mass is 32.2. The van der Waals surface area contributed by atoms with Crippen LogP contribution in [0.1, 0.15) is 19.9 Å². The minimum absolute atomic E-state index is 0.143. The summed E-state index contributed by atoms with van der Waals surface area (Å²) in [5.41, 5.74) is -0.173. The normalized spacial score (nSPS) is 11.0. The monoisotopic (exact) mass is 602 g/mol. The highest BCUT2D eigenvalue weighted by Gasteiger charge is 2.19. The maximum atomic E-state index is 13.5. The van der Waals surface area contributed by atoms with Gasteiger partial charge in [0.25, 0.3) is 0 Å². The van der Waals surface area contributed by atoms with E-state index in [1.54, 1.807) is 46.4 Å². The Hall–Kier alpha value is -5.10. The second-order valence-corrected chi connectivity index (χ2v) is 10.7. The minimum Gasteiger partial charge on any atom is -0.493 e. The maximum Gasteiger partial charge on any atom is 0.417 e. The van der Waals surface area contributed by atoms with Gasteiger partial charge in [-0.15, -0.1) is 0 Å². The van der Waals surface area contributed by atoms with Crippen LogP contribution in [0.2, 0.25) is 0 Å². The number of hydrogen-bond donors (Lipinski definition) is 1. The van der Waals surface area contributed by atoms with E-state index in [2.05, 4.69) is 10.3 Å². The molecule has 0 aliphatic rings. The Morgan fingerprint density at radius 1 is 0.930 bits per heavy atom. The average molecular weight is 603 g/mol. The van der Waals surface area contributed by atoms with Gasteiger partial charge in [0.15, 0.2) is 11.5 Å². The van der Waals surface area contributed by atoms with Crippen molar-refractivity contribution in [3.63, 3.8) is 0 Å². The second kappa shape index (κ2) is 12.4. The Balaban J connectivity index is 1.35. The number of ether oxygens (including phenoxy) is 3. The van der Waals surface area contributed by atoms with E-state index in [0.717, 1.165) is 37.4 Å². The fraction of sp³-hybridized carbons (Fsp3) is 0.161. The number of amides is 1. The first-order valence-corrected chi connectivity index (χ1v) is 13.9. The number of halogens is 1. The smallest absolute Gasteiger partial charge is 0.417 e. The van der Waals surface area contributed by atoms with Gasteiger partial charge in [-0.2, -0.15) is 0 Å². The molecule has 5 aromatic rings. The van der Waals surface area contributed by atoms with Gasteiger partial charge >= 0.3 is 17.3 Å². The number of carbonyl (C=O) groups excluding carboxylic acids is 1. The molecular formula is C31H27FN4O6S. The Morgan fingerprint density at radius 2 is 1.60 bits per heavy atom. The van der Waals surface area contributed by atoms with Crippen LogP contribution >= 0.6 is 11.8 Å². The SMILES string of the molecule is COc1cc2nccc(Sc3ccc(NC(=O)Oc4cn(C(C)C)c(=O)n(-c5ccc(F)cc5)c4=O)cc3)c2cc1OC. The van der Waals surface area contributed by atoms with Crippen LogP contribution in [0.25, 0.3) is 16.6 Å². The molecule has 220 valence electrons. The van der Waals surface area contributed by atoms with Crippen molar-refractivity contribution in [2.75, 3.05) is 19.5 Å². The molecule has 5 rings (SSSR count). The third-order valence-corrected chi connectivity index (χ3v) is 7.55. The first kappa shape index (κ1) is 29.4. The average Bonchev–Trinajstić information content (AvgIpc) is 2.99. The summed E-state index contributed by atoms with van der Waals surface area (Å²) in [6, 6.07) is 17.2. The summed E-state index contributed by atoms with van der Waals surface area (Å²) >= 11 is 1.51. The third-order valence-electron chi connectivity index (χ3n) is 6.46. The summed E-state index contributed by atoms with van der Waals surface area (Å²) in [6.45, 7) is 3.48. The van der Waals surface area contributed by atoms with Gasteiger partial charge in [0.05, 0.1) is 31.6 Å². The molecule has 0 aliphatic carbocycles. The predicted molar refractivity (Wildman–Crippen MR) is 162 cm³/mol. The molecule has 0 unspecified atom stereocenters. The molecule has 10 nitrogen and oxygen atoms in total. The van der Waals surface area contributed by atoms with Gasteiger partial charge < -0.3 is 14.2 Å². The molecule has 43 heavy (non-hydrogen) atoms. The number of carbonyl (C=O) groups is 1. The first-order valence-electron chi connectivity index (χ1n) is 13.1. The van der Waals surface area contributed by atoms with Crippen LogP contribution < -0.4 is 30.8 Å². The van der Waals surface area contributed by atoms with Crippen molar-refractivity contribution in [2.45, 2.75) is 29.7 Å². The number of methoxy groups -OCH3 is 2. The van der Waals surface area contributed by atoms with Gasteiger partial charge in [-0.1, -0.05) is 11.8 Å². The molecule has 0 atom stereocenters. The Kier molecular flexibility index (Phi) is 8.48. The molecule has 1 amide bonds. The number of nitrogens with one attached hydrogen (secondary N) is 1. The van der Waals surface area contributed by atoms with Crippen LogP contribution in [0, 0.1) is 5.82 Å². The van der Waals surface area contributed by atoms with E-state index >= 15 is 0 Å². The number of hydrogen-bond acceptors (Lipinski definition) is 8. The first-order chi connectivity index (χ1) is 20.7. The highest BCUT2D eigenvalue weighted by Crippen LogP contribution is 2.38. The van der Waals surface area contributed by atoms with Crippen LogP contribution in [0.15, 0.2) is 98.5 Å². The minimum atomic E-state index is -0.918.